The number of hydrogen-bond donors (Lipinski definition) is 2. The van der Waals surface area contributed by atoms with E-state index in [4.69, 9.17) is 9.84 Å². The Labute approximate surface area is 118 Å². The van der Waals surface area contributed by atoms with Crippen molar-refractivity contribution >= 4 is 12.0 Å². The standard InChI is InChI=1S/C14H20N2O4/c1-16(10-11-6-4-3-5-7-11)14(19)15-12(13(17)18)8-9-20-2/h3-7,12H,8-10H2,1-2H3,(H,15,19)(H,17,18). The molecule has 1 unspecified atom stereocenters. The highest BCUT2D eigenvalue weighted by Crippen LogP contribution is 2.03. The number of benzene rings is 1. The van der Waals surface area contributed by atoms with E-state index in [1.807, 2.05) is 30.3 Å². The fourth-order valence-electron chi connectivity index (χ4n) is 1.68. The van der Waals surface area contributed by atoms with E-state index in [0.717, 1.165) is 5.56 Å². The molecule has 0 saturated heterocycles. The number of hydrogen-bond acceptors (Lipinski definition) is 3. The Bertz CT molecular complexity index is 436. The minimum absolute atomic E-state index is 0.233. The molecule has 0 aromatic heterocycles. The van der Waals surface area contributed by atoms with Gasteiger partial charge < -0.3 is 20.1 Å². The van der Waals surface area contributed by atoms with Gasteiger partial charge in [-0.2, -0.15) is 0 Å². The first-order valence-electron chi connectivity index (χ1n) is 6.32. The van der Waals surface area contributed by atoms with Crippen LogP contribution in [-0.4, -0.2) is 48.8 Å². The molecule has 6 heteroatoms. The van der Waals surface area contributed by atoms with Crippen LogP contribution in [0.15, 0.2) is 30.3 Å². The molecule has 0 radical (unpaired) electrons. The van der Waals surface area contributed by atoms with Gasteiger partial charge in [-0.15, -0.1) is 0 Å². The maximum atomic E-state index is 11.9. The molecular formula is C14H20N2O4. The van der Waals surface area contributed by atoms with Crippen LogP contribution in [0.3, 0.4) is 0 Å². The largest absolute Gasteiger partial charge is 0.480 e. The Morgan fingerprint density at radius 2 is 2.00 bits per heavy atom. The topological polar surface area (TPSA) is 78.9 Å². The van der Waals surface area contributed by atoms with E-state index < -0.39 is 18.0 Å². The first-order chi connectivity index (χ1) is 9.54. The normalized spacial score (nSPS) is 11.7. The molecule has 0 saturated carbocycles. The number of nitrogens with zero attached hydrogens (tertiary/aromatic N) is 1. The highest BCUT2D eigenvalue weighted by atomic mass is 16.5. The highest BCUT2D eigenvalue weighted by molar-refractivity contribution is 5.82. The number of nitrogens with one attached hydrogen (secondary N) is 1. The lowest BCUT2D eigenvalue weighted by atomic mass is 10.2. The number of rotatable bonds is 7. The second-order valence-electron chi connectivity index (χ2n) is 4.46. The molecule has 20 heavy (non-hydrogen) atoms. The molecule has 0 spiro atoms. The van der Waals surface area contributed by atoms with E-state index in [1.54, 1.807) is 7.05 Å². The lowest BCUT2D eigenvalue weighted by molar-refractivity contribution is -0.139. The van der Waals surface area contributed by atoms with Gasteiger partial charge in [0, 0.05) is 33.7 Å². The number of amides is 2. The average molecular weight is 280 g/mol. The van der Waals surface area contributed by atoms with Crippen LogP contribution < -0.4 is 5.32 Å². The maximum Gasteiger partial charge on any atom is 0.326 e. The molecule has 1 rings (SSSR count). The lowest BCUT2D eigenvalue weighted by Crippen LogP contribution is -2.46. The Hall–Kier alpha value is -2.08. The first kappa shape index (κ1) is 16.0. The number of ether oxygens (including phenoxy) is 1. The number of methoxy groups -OCH3 is 1. The van der Waals surface area contributed by atoms with E-state index in [1.165, 1.54) is 12.0 Å². The quantitative estimate of drug-likeness (QED) is 0.789. The smallest absolute Gasteiger partial charge is 0.326 e. The van der Waals surface area contributed by atoms with Crippen molar-refractivity contribution < 1.29 is 19.4 Å². The van der Waals surface area contributed by atoms with Gasteiger partial charge in [0.2, 0.25) is 0 Å². The number of carboxylic acids is 1. The molecule has 1 aromatic carbocycles. The van der Waals surface area contributed by atoms with Crippen LogP contribution >= 0.6 is 0 Å². The van der Waals surface area contributed by atoms with E-state index in [-0.39, 0.29) is 13.0 Å². The van der Waals surface area contributed by atoms with Crippen molar-refractivity contribution in [1.82, 2.24) is 10.2 Å². The molecule has 0 aliphatic carbocycles. The average Bonchev–Trinajstić information content (AvgIpc) is 2.43. The van der Waals surface area contributed by atoms with Crippen molar-refractivity contribution in [2.75, 3.05) is 20.8 Å². The van der Waals surface area contributed by atoms with Crippen LogP contribution in [0.2, 0.25) is 0 Å². The predicted octanol–water partition coefficient (Wildman–Crippen LogP) is 1.32. The molecular weight excluding hydrogens is 260 g/mol. The molecule has 1 aromatic rings. The van der Waals surface area contributed by atoms with Crippen molar-refractivity contribution in [2.45, 2.75) is 19.0 Å². The highest BCUT2D eigenvalue weighted by Gasteiger charge is 2.21. The van der Waals surface area contributed by atoms with Gasteiger partial charge >= 0.3 is 12.0 Å². The number of carbonyl (C=O) groups excluding carboxylic acids is 1. The van der Waals surface area contributed by atoms with Gasteiger partial charge in [-0.05, 0) is 5.56 Å². The van der Waals surface area contributed by atoms with Crippen molar-refractivity contribution in [3.8, 4) is 0 Å². The predicted molar refractivity (Wildman–Crippen MR) is 74.4 cm³/mol. The third-order valence-corrected chi connectivity index (χ3v) is 2.82. The summed E-state index contributed by atoms with van der Waals surface area (Å²) in [5.74, 6) is -1.07. The summed E-state index contributed by atoms with van der Waals surface area (Å²) in [6, 6.07) is 8.12. The van der Waals surface area contributed by atoms with Crippen LogP contribution in [-0.2, 0) is 16.1 Å². The van der Waals surface area contributed by atoms with Gasteiger partial charge in [0.25, 0.3) is 0 Å². The Kier molecular flexibility index (Phi) is 6.52. The van der Waals surface area contributed by atoms with Crippen LogP contribution in [0.1, 0.15) is 12.0 Å². The molecule has 6 nitrogen and oxygen atoms in total. The van der Waals surface area contributed by atoms with Gasteiger partial charge in [-0.25, -0.2) is 9.59 Å². The van der Waals surface area contributed by atoms with E-state index in [2.05, 4.69) is 5.32 Å². The second-order valence-corrected chi connectivity index (χ2v) is 4.46. The third kappa shape index (κ3) is 5.27. The monoisotopic (exact) mass is 280 g/mol. The second kappa shape index (κ2) is 8.16. The summed E-state index contributed by atoms with van der Waals surface area (Å²) in [6.45, 7) is 0.697. The summed E-state index contributed by atoms with van der Waals surface area (Å²) >= 11 is 0. The van der Waals surface area contributed by atoms with Crippen molar-refractivity contribution in [3.05, 3.63) is 35.9 Å². The molecule has 2 N–H and O–H groups in total. The lowest BCUT2D eigenvalue weighted by Gasteiger charge is -2.21. The van der Waals surface area contributed by atoms with Gasteiger partial charge in [-0.1, -0.05) is 30.3 Å². The van der Waals surface area contributed by atoms with Gasteiger partial charge in [-0.3, -0.25) is 0 Å². The fraction of sp³-hybridized carbons (Fsp3) is 0.429. The number of urea groups is 1. The molecule has 110 valence electrons. The first-order valence-corrected chi connectivity index (χ1v) is 6.32. The molecule has 0 aliphatic rings. The molecule has 1 atom stereocenters. The summed E-state index contributed by atoms with van der Waals surface area (Å²) in [4.78, 5) is 24.4. The van der Waals surface area contributed by atoms with E-state index >= 15 is 0 Å². The summed E-state index contributed by atoms with van der Waals surface area (Å²) in [7, 11) is 3.11. The SMILES string of the molecule is COCCC(NC(=O)N(C)Cc1ccccc1)C(=O)O. The fourth-order valence-corrected chi connectivity index (χ4v) is 1.68. The molecule has 2 amide bonds. The number of carbonyl (C=O) groups is 2. The Morgan fingerprint density at radius 3 is 2.55 bits per heavy atom. The molecule has 0 aliphatic heterocycles. The number of carboxylic acid groups (broad SMARTS) is 1. The van der Waals surface area contributed by atoms with Gasteiger partial charge in [0.05, 0.1) is 0 Å². The zero-order valence-electron chi connectivity index (χ0n) is 11.7. The van der Waals surface area contributed by atoms with Gasteiger partial charge in [0.1, 0.15) is 6.04 Å². The zero-order valence-corrected chi connectivity index (χ0v) is 11.7. The van der Waals surface area contributed by atoms with Crippen LogP contribution in [0, 0.1) is 0 Å². The Morgan fingerprint density at radius 1 is 1.35 bits per heavy atom. The van der Waals surface area contributed by atoms with Crippen molar-refractivity contribution in [2.24, 2.45) is 0 Å². The summed E-state index contributed by atoms with van der Waals surface area (Å²) in [6.07, 6.45) is 0.233. The van der Waals surface area contributed by atoms with E-state index in [9.17, 15) is 9.59 Å². The number of aliphatic carboxylic acids is 1. The maximum absolute atomic E-state index is 11.9. The van der Waals surface area contributed by atoms with Crippen LogP contribution in [0.5, 0.6) is 0 Å². The summed E-state index contributed by atoms with van der Waals surface area (Å²) in [5.41, 5.74) is 0.980. The molecule has 0 bridgehead atoms. The Balaban J connectivity index is 2.53. The van der Waals surface area contributed by atoms with Gasteiger partial charge in [0.15, 0.2) is 0 Å². The molecule has 0 fully saturated rings. The minimum atomic E-state index is -1.07. The van der Waals surface area contributed by atoms with E-state index in [0.29, 0.717) is 6.54 Å². The third-order valence-electron chi connectivity index (χ3n) is 2.82. The zero-order chi connectivity index (χ0) is 15.0. The minimum Gasteiger partial charge on any atom is -0.480 e. The van der Waals surface area contributed by atoms with Crippen LogP contribution in [0.4, 0.5) is 4.79 Å². The summed E-state index contributed by atoms with van der Waals surface area (Å²) < 4.78 is 4.83. The van der Waals surface area contributed by atoms with Crippen LogP contribution in [0.25, 0.3) is 0 Å². The van der Waals surface area contributed by atoms with Crippen molar-refractivity contribution in [3.63, 3.8) is 0 Å². The summed E-state index contributed by atoms with van der Waals surface area (Å²) in [5, 5.41) is 11.5. The molecule has 0 heterocycles. The van der Waals surface area contributed by atoms with Crippen molar-refractivity contribution in [1.29, 1.82) is 0 Å².